The van der Waals surface area contributed by atoms with E-state index in [1.54, 1.807) is 0 Å². The second-order valence-electron chi connectivity index (χ2n) is 0. The first-order valence-electron chi connectivity index (χ1n) is 0. The third kappa shape index (κ3) is 29.5. The maximum atomic E-state index is 0. The van der Waals surface area contributed by atoms with Crippen molar-refractivity contribution in [1.29, 1.82) is 0 Å². The van der Waals surface area contributed by atoms with E-state index in [2.05, 4.69) is 0 Å². The molecule has 3 radical (unpaired) electrons. The van der Waals surface area contributed by atoms with Crippen LogP contribution in [0.15, 0.2) is 0 Å². The summed E-state index contributed by atoms with van der Waals surface area (Å²) >= 11 is 0. The first kappa shape index (κ1) is 69.5. The number of nitrogens with zero attached hydrogens (tertiary/aromatic N) is 2. The zero-order valence-corrected chi connectivity index (χ0v) is 8.99. The topological polar surface area (TPSA) is 61.0 Å². The molecule has 0 unspecified atom stereocenters. The monoisotopic (exact) mass is 127 g/mol. The summed E-state index contributed by atoms with van der Waals surface area (Å²) in [6.07, 6.45) is 0. The first-order chi connectivity index (χ1) is 0. The van der Waals surface area contributed by atoms with Crippen molar-refractivity contribution in [2.45, 2.75) is 0 Å². The molecule has 19 valence electrons. The van der Waals surface area contributed by atoms with Crippen molar-refractivity contribution >= 4 is 86.5 Å². The molecule has 0 aromatic rings. The van der Waals surface area contributed by atoms with E-state index in [1.165, 1.54) is 0 Å². The molecule has 2 nitrogen and oxygen atoms in total. The molecule has 0 aliphatic carbocycles. The van der Waals surface area contributed by atoms with Gasteiger partial charge in [0.25, 0.3) is 0 Å². The normalized spacial score (nSPS) is 0. The summed E-state index contributed by atoms with van der Waals surface area (Å²) < 4.78 is 0. The van der Waals surface area contributed by atoms with Gasteiger partial charge in [-0.05, 0) is 0 Å². The van der Waals surface area contributed by atoms with Gasteiger partial charge < -0.3 is 12.3 Å². The molecule has 0 saturated carbocycles. The Morgan fingerprint density at radius 1 is 0.500 bits per heavy atom. The summed E-state index contributed by atoms with van der Waals surface area (Å²) in [6, 6.07) is 0. The van der Waals surface area contributed by atoms with E-state index < -0.39 is 0 Å². The van der Waals surface area contributed by atoms with E-state index in [9.17, 15) is 0 Å². The van der Waals surface area contributed by atoms with Crippen molar-refractivity contribution in [1.82, 2.24) is 0 Å². The van der Waals surface area contributed by atoms with E-state index in [4.69, 9.17) is 0 Å². The maximum absolute atomic E-state index is 0. The average molecular weight is 128 g/mol. The van der Waals surface area contributed by atoms with Crippen LogP contribution in [0.4, 0.5) is 0 Å². The fourth-order valence-corrected chi connectivity index (χ4v) is 0. The molecule has 0 amide bonds. The molecule has 6 heavy (non-hydrogen) atoms. The van der Waals surface area contributed by atoms with Gasteiger partial charge in [0.1, 0.15) is 0 Å². The molecule has 0 rings (SSSR count). The minimum atomic E-state index is 0. The smallest absolute Gasteiger partial charge is 2.00 e. The standard InChI is InChI=1S/Al.3Mg.2N/q;3*+2;2*-3. The number of rotatable bonds is 0. The zero-order chi connectivity index (χ0) is 0. The molecule has 0 heterocycles. The van der Waals surface area contributed by atoms with Gasteiger partial charge in [-0.2, -0.15) is 0 Å². The van der Waals surface area contributed by atoms with Gasteiger partial charge in [-0.3, -0.25) is 0 Å². The Hall–Kier alpha value is 2.75. The fraction of sp³-hybridized carbons (Fsp3) is 0. The van der Waals surface area contributed by atoms with Crippen molar-refractivity contribution < 1.29 is 0 Å². The fourth-order valence-electron chi connectivity index (χ4n) is 0. The Morgan fingerprint density at radius 2 is 0.500 bits per heavy atom. The number of hydrogen-bond acceptors (Lipinski definition) is 0. The van der Waals surface area contributed by atoms with E-state index >= 15 is 0 Å². The Labute approximate surface area is 97.3 Å². The summed E-state index contributed by atoms with van der Waals surface area (Å²) in [5.41, 5.74) is 0. The van der Waals surface area contributed by atoms with Crippen LogP contribution in [0.3, 0.4) is 0 Å². The molecule has 0 fully saturated rings. The van der Waals surface area contributed by atoms with Gasteiger partial charge in [-0.1, -0.05) is 0 Å². The van der Waals surface area contributed by atoms with Crippen molar-refractivity contribution in [3.05, 3.63) is 12.3 Å². The predicted octanol–water partition coefficient (Wildman–Crippen LogP) is -0.946. The maximum Gasteiger partial charge on any atom is 2.00 e. The molecule has 0 spiro atoms. The van der Waals surface area contributed by atoms with Crippen LogP contribution in [0.2, 0.25) is 0 Å². The van der Waals surface area contributed by atoms with Crippen molar-refractivity contribution in [2.75, 3.05) is 0 Å². The summed E-state index contributed by atoms with van der Waals surface area (Å²) in [4.78, 5) is 0. The van der Waals surface area contributed by atoms with E-state index in [1.807, 2.05) is 0 Å². The Balaban J connectivity index is 0. The first-order valence-corrected chi connectivity index (χ1v) is 0. The van der Waals surface area contributed by atoms with E-state index in [0.29, 0.717) is 0 Å². The summed E-state index contributed by atoms with van der Waals surface area (Å²) in [5, 5.41) is 0. The molecule has 0 aromatic carbocycles. The molecular weight excluding hydrogens is 128 g/mol. The third-order valence-electron chi connectivity index (χ3n) is 0. The zero-order valence-electron chi connectivity index (χ0n) is 3.59. The minimum absolute atomic E-state index is 0. The predicted molar refractivity (Wildman–Crippen MR) is 29.7 cm³/mol. The Kier molecular flexibility index (Phi) is 540. The molecular formula is AlMg3N2. The van der Waals surface area contributed by atoms with Crippen molar-refractivity contribution in [3.8, 4) is 0 Å². The van der Waals surface area contributed by atoms with Gasteiger partial charge >= 0.3 is 69.2 Å². The molecule has 0 aliphatic rings. The van der Waals surface area contributed by atoms with Gasteiger partial charge in [-0.25, -0.2) is 0 Å². The second-order valence-corrected chi connectivity index (χ2v) is 0. The Morgan fingerprint density at radius 3 is 0.500 bits per heavy atom. The van der Waals surface area contributed by atoms with Crippen LogP contribution in [0.5, 0.6) is 0 Å². The van der Waals surface area contributed by atoms with Gasteiger partial charge in [-0.15, -0.1) is 0 Å². The van der Waals surface area contributed by atoms with Crippen LogP contribution < -0.4 is 0 Å². The van der Waals surface area contributed by atoms with Crippen LogP contribution in [0, 0.1) is 0 Å². The quantitative estimate of drug-likeness (QED) is 0.377. The molecule has 0 bridgehead atoms. The van der Waals surface area contributed by atoms with Gasteiger partial charge in [0.05, 0.1) is 0 Å². The Bertz CT molecular complexity index is 8.75. The van der Waals surface area contributed by atoms with Gasteiger partial charge in [0, 0.05) is 17.4 Å². The van der Waals surface area contributed by atoms with Crippen molar-refractivity contribution in [2.24, 2.45) is 0 Å². The molecule has 0 aliphatic heterocycles. The van der Waals surface area contributed by atoms with Crippen molar-refractivity contribution in [3.63, 3.8) is 0 Å². The van der Waals surface area contributed by atoms with Crippen LogP contribution in [-0.2, 0) is 0 Å². The minimum Gasteiger partial charge on any atom is -3.00 e. The molecule has 6 heteroatoms. The van der Waals surface area contributed by atoms with Crippen LogP contribution in [0.25, 0.3) is 12.3 Å². The summed E-state index contributed by atoms with van der Waals surface area (Å²) in [5.74, 6) is 0. The molecule has 0 aromatic heterocycles. The molecule has 0 atom stereocenters. The second kappa shape index (κ2) is 46.7. The van der Waals surface area contributed by atoms with E-state index in [-0.39, 0.29) is 98.8 Å². The van der Waals surface area contributed by atoms with Gasteiger partial charge in [0.2, 0.25) is 0 Å². The summed E-state index contributed by atoms with van der Waals surface area (Å²) in [6.45, 7) is 0. The average Bonchev–Trinajstić information content (AvgIpc) is 0. The largest absolute Gasteiger partial charge is 3.00 e. The third-order valence-corrected chi connectivity index (χ3v) is 0. The molecule has 0 saturated heterocycles. The SMILES string of the molecule is [Al].[Mg+2].[Mg+2].[Mg+2].[N-3].[N-3]. The van der Waals surface area contributed by atoms with Gasteiger partial charge in [0.15, 0.2) is 0 Å². The number of hydrogen-bond donors (Lipinski definition) is 0. The van der Waals surface area contributed by atoms with E-state index in [0.717, 1.165) is 0 Å². The van der Waals surface area contributed by atoms with Crippen LogP contribution >= 0.6 is 0 Å². The van der Waals surface area contributed by atoms with Crippen LogP contribution in [0.1, 0.15) is 0 Å². The molecule has 0 N–H and O–H groups in total. The summed E-state index contributed by atoms with van der Waals surface area (Å²) in [7, 11) is 0. The van der Waals surface area contributed by atoms with Crippen LogP contribution in [-0.4, -0.2) is 86.5 Å².